The zero-order chi connectivity index (χ0) is 27.8. The lowest BCUT2D eigenvalue weighted by Gasteiger charge is -2.32. The lowest BCUT2D eigenvalue weighted by Crippen LogP contribution is -2.37. The first-order valence-corrected chi connectivity index (χ1v) is 12.1. The third-order valence-electron chi connectivity index (χ3n) is 5.99. The van der Waals surface area contributed by atoms with Crippen LogP contribution in [0.1, 0.15) is 28.9 Å². The molecule has 1 amide bonds. The molecule has 0 bridgehead atoms. The molecule has 2 aromatic carbocycles. The molecule has 1 aliphatic heterocycles. The number of alkyl halides is 3. The number of H-pyrrole nitrogens is 1. The average molecular weight is 542 g/mol. The van der Waals surface area contributed by atoms with Crippen LogP contribution in [0.3, 0.4) is 0 Å². The largest absolute Gasteiger partial charge is 0.490 e. The lowest BCUT2D eigenvalue weighted by molar-refractivity contribution is -0.192. The lowest BCUT2D eigenvalue weighted by atomic mass is 10.1. The van der Waals surface area contributed by atoms with Gasteiger partial charge in [0.15, 0.2) is 0 Å². The molecule has 0 atom stereocenters. The Labute approximate surface area is 221 Å². The van der Waals surface area contributed by atoms with Crippen molar-refractivity contribution in [2.75, 3.05) is 18.4 Å². The van der Waals surface area contributed by atoms with Crippen molar-refractivity contribution >= 4 is 28.5 Å². The van der Waals surface area contributed by atoms with Gasteiger partial charge in [-0.25, -0.2) is 4.79 Å². The summed E-state index contributed by atoms with van der Waals surface area (Å²) in [6.45, 7) is 2.96. The number of amides is 1. The average Bonchev–Trinajstić information content (AvgIpc) is 3.38. The Bertz CT molecular complexity index is 1400. The fraction of sp³-hybridized carbons (Fsp3) is 0.259. The molecule has 1 aliphatic rings. The number of hydrogen-bond acceptors (Lipinski definition) is 6. The number of nitrogens with one attached hydrogen (secondary N) is 2. The summed E-state index contributed by atoms with van der Waals surface area (Å²) in [5.41, 5.74) is 3.29. The monoisotopic (exact) mass is 541 g/mol. The molecular formula is C27H26F3N5O4. The van der Waals surface area contributed by atoms with Crippen molar-refractivity contribution < 1.29 is 32.6 Å². The Kier molecular flexibility index (Phi) is 8.77. The van der Waals surface area contributed by atoms with Gasteiger partial charge in [0.2, 0.25) is 0 Å². The summed E-state index contributed by atoms with van der Waals surface area (Å²) in [5.74, 6) is -2.35. The molecular weight excluding hydrogens is 515 g/mol. The number of carbonyl (C=O) groups is 2. The van der Waals surface area contributed by atoms with E-state index in [0.29, 0.717) is 17.1 Å². The molecule has 0 unspecified atom stereocenters. The quantitative estimate of drug-likeness (QED) is 0.318. The number of aliphatic carboxylic acids is 1. The fourth-order valence-electron chi connectivity index (χ4n) is 4.04. The Morgan fingerprint density at radius 1 is 1.08 bits per heavy atom. The molecule has 12 heteroatoms. The van der Waals surface area contributed by atoms with Gasteiger partial charge in [0.1, 0.15) is 17.5 Å². The number of likely N-dealkylation sites (tertiary alicyclic amines) is 1. The number of aromatic nitrogens is 3. The van der Waals surface area contributed by atoms with Crippen LogP contribution in [0.25, 0.3) is 10.9 Å². The van der Waals surface area contributed by atoms with E-state index in [9.17, 15) is 18.0 Å². The number of nitrogens with zero attached hydrogens (tertiary/aromatic N) is 3. The number of piperidine rings is 1. The highest BCUT2D eigenvalue weighted by molar-refractivity contribution is 6.04. The molecule has 0 saturated carbocycles. The number of ether oxygens (including phenoxy) is 1. The number of aromatic amines is 1. The molecule has 204 valence electrons. The summed E-state index contributed by atoms with van der Waals surface area (Å²) in [6, 6.07) is 19.7. The summed E-state index contributed by atoms with van der Waals surface area (Å²) in [7, 11) is 0. The number of benzene rings is 2. The molecule has 1 fully saturated rings. The van der Waals surface area contributed by atoms with E-state index in [1.54, 1.807) is 18.5 Å². The van der Waals surface area contributed by atoms with Gasteiger partial charge in [-0.3, -0.25) is 19.8 Å². The molecule has 9 nitrogen and oxygen atoms in total. The minimum absolute atomic E-state index is 0.142. The number of fused-ring (bicyclic) bond motifs is 1. The van der Waals surface area contributed by atoms with E-state index < -0.39 is 12.1 Å². The maximum absolute atomic E-state index is 12.7. The van der Waals surface area contributed by atoms with Gasteiger partial charge < -0.3 is 15.2 Å². The van der Waals surface area contributed by atoms with Gasteiger partial charge in [0.25, 0.3) is 5.91 Å². The molecule has 0 aliphatic carbocycles. The molecule has 39 heavy (non-hydrogen) atoms. The SMILES string of the molecule is O=C(Nc1ccc2[nH]ncc2c1)c1cc(OC2CCN(Cc3ccccc3)CC2)ccn1.O=C(O)C(F)(F)F. The van der Waals surface area contributed by atoms with Crippen molar-refractivity contribution in [3.63, 3.8) is 0 Å². The predicted molar refractivity (Wildman–Crippen MR) is 137 cm³/mol. The highest BCUT2D eigenvalue weighted by Crippen LogP contribution is 2.22. The number of carbonyl (C=O) groups excluding carboxylic acids is 1. The number of hydrogen-bond donors (Lipinski definition) is 3. The molecule has 0 spiro atoms. The van der Waals surface area contributed by atoms with E-state index in [-0.39, 0.29) is 12.0 Å². The van der Waals surface area contributed by atoms with Crippen LogP contribution in [0.2, 0.25) is 0 Å². The fourth-order valence-corrected chi connectivity index (χ4v) is 4.04. The minimum atomic E-state index is -5.08. The first-order valence-electron chi connectivity index (χ1n) is 12.1. The van der Waals surface area contributed by atoms with Crippen molar-refractivity contribution in [2.45, 2.75) is 31.7 Å². The smallest absolute Gasteiger partial charge is 0.490 e. The Morgan fingerprint density at radius 3 is 2.49 bits per heavy atom. The van der Waals surface area contributed by atoms with Crippen molar-refractivity contribution in [1.29, 1.82) is 0 Å². The molecule has 4 aromatic rings. The van der Waals surface area contributed by atoms with Gasteiger partial charge in [-0.15, -0.1) is 0 Å². The summed E-state index contributed by atoms with van der Waals surface area (Å²) in [6.07, 6.45) is 0.323. The summed E-state index contributed by atoms with van der Waals surface area (Å²) in [4.78, 5) is 28.3. The Balaban J connectivity index is 0.000000448. The molecule has 5 rings (SSSR count). The van der Waals surface area contributed by atoms with E-state index in [4.69, 9.17) is 14.6 Å². The van der Waals surface area contributed by atoms with Crippen molar-refractivity contribution in [3.8, 4) is 5.75 Å². The second-order valence-corrected chi connectivity index (χ2v) is 8.88. The molecule has 3 heterocycles. The third-order valence-corrected chi connectivity index (χ3v) is 5.99. The van der Waals surface area contributed by atoms with Gasteiger partial charge >= 0.3 is 12.1 Å². The second-order valence-electron chi connectivity index (χ2n) is 8.88. The van der Waals surface area contributed by atoms with E-state index in [2.05, 4.69) is 49.7 Å². The van der Waals surface area contributed by atoms with Crippen LogP contribution >= 0.6 is 0 Å². The second kappa shape index (κ2) is 12.4. The molecule has 0 radical (unpaired) electrons. The van der Waals surface area contributed by atoms with Crippen LogP contribution < -0.4 is 10.1 Å². The molecule has 2 aromatic heterocycles. The number of carboxylic acid groups (broad SMARTS) is 1. The van der Waals surface area contributed by atoms with E-state index in [0.717, 1.165) is 43.4 Å². The topological polar surface area (TPSA) is 120 Å². The first kappa shape index (κ1) is 27.6. The van der Waals surface area contributed by atoms with Crippen LogP contribution in [0.5, 0.6) is 5.75 Å². The third kappa shape index (κ3) is 8.01. The highest BCUT2D eigenvalue weighted by Gasteiger charge is 2.38. The number of halogens is 3. The first-order chi connectivity index (χ1) is 18.7. The van der Waals surface area contributed by atoms with E-state index in [1.807, 2.05) is 30.3 Å². The van der Waals surface area contributed by atoms with Gasteiger partial charge in [-0.05, 0) is 42.7 Å². The van der Waals surface area contributed by atoms with Crippen molar-refractivity contribution in [3.05, 3.63) is 84.3 Å². The zero-order valence-electron chi connectivity index (χ0n) is 20.7. The van der Waals surface area contributed by atoms with Crippen molar-refractivity contribution in [1.82, 2.24) is 20.1 Å². The summed E-state index contributed by atoms with van der Waals surface area (Å²) >= 11 is 0. The van der Waals surface area contributed by atoms with Crippen molar-refractivity contribution in [2.24, 2.45) is 0 Å². The normalized spacial score (nSPS) is 14.3. The van der Waals surface area contributed by atoms with Gasteiger partial charge in [-0.1, -0.05) is 30.3 Å². The summed E-state index contributed by atoms with van der Waals surface area (Å²) in [5, 5.41) is 17.9. The van der Waals surface area contributed by atoms with Gasteiger partial charge in [0.05, 0.1) is 11.7 Å². The standard InChI is InChI=1S/C25H25N5O2.C2HF3O2/c31-25(28-20-6-7-23-19(14-20)16-27-29-23)24-15-22(8-11-26-24)32-21-9-12-30(13-10-21)17-18-4-2-1-3-5-18;3-2(4,5)1(6)7/h1-8,11,14-16,21H,9-10,12-13,17H2,(H,27,29)(H,28,31);(H,6,7). The summed E-state index contributed by atoms with van der Waals surface area (Å²) < 4.78 is 37.9. The number of carboxylic acids is 1. The maximum atomic E-state index is 12.7. The highest BCUT2D eigenvalue weighted by atomic mass is 19.4. The van der Waals surface area contributed by atoms with Gasteiger partial charge in [-0.2, -0.15) is 18.3 Å². The number of anilines is 1. The minimum Gasteiger partial charge on any atom is -0.490 e. The van der Waals surface area contributed by atoms with Crippen LogP contribution in [-0.4, -0.2) is 62.4 Å². The molecule has 3 N–H and O–H groups in total. The number of rotatable bonds is 6. The van der Waals surface area contributed by atoms with E-state index >= 15 is 0 Å². The predicted octanol–water partition coefficient (Wildman–Crippen LogP) is 4.89. The Morgan fingerprint density at radius 2 is 1.79 bits per heavy atom. The van der Waals surface area contributed by atoms with Crippen LogP contribution in [0.15, 0.2) is 73.1 Å². The van der Waals surface area contributed by atoms with Crippen LogP contribution in [-0.2, 0) is 11.3 Å². The number of pyridine rings is 1. The van der Waals surface area contributed by atoms with Crippen LogP contribution in [0, 0.1) is 0 Å². The van der Waals surface area contributed by atoms with Gasteiger partial charge in [0, 0.05) is 43.0 Å². The van der Waals surface area contributed by atoms with E-state index in [1.165, 1.54) is 5.56 Å². The zero-order valence-corrected chi connectivity index (χ0v) is 20.7. The van der Waals surface area contributed by atoms with Crippen LogP contribution in [0.4, 0.5) is 18.9 Å². The molecule has 1 saturated heterocycles. The maximum Gasteiger partial charge on any atom is 0.490 e. The Hall–Kier alpha value is -4.45.